The number of rotatable bonds is 18. The summed E-state index contributed by atoms with van der Waals surface area (Å²) < 4.78 is 0. The number of nitrogens with zero attached hydrogens (tertiary/aromatic N) is 1. The lowest BCUT2D eigenvalue weighted by Crippen LogP contribution is -2.33. The van der Waals surface area contributed by atoms with E-state index in [1.54, 1.807) is 4.90 Å². The molecule has 0 saturated heterocycles. The first-order chi connectivity index (χ1) is 13.8. The fourth-order valence-corrected chi connectivity index (χ4v) is 2.85. The number of unbranched alkanes of at least 4 members (excludes halogenated alkanes) is 5. The highest BCUT2D eigenvalue weighted by atomic mass is 16.3. The molecule has 0 aliphatic rings. The second kappa shape index (κ2) is 21.7. The van der Waals surface area contributed by atoms with Crippen molar-refractivity contribution in [2.75, 3.05) is 19.7 Å². The van der Waals surface area contributed by atoms with Crippen LogP contribution in [-0.4, -0.2) is 35.6 Å². The minimum atomic E-state index is 0.0385. The summed E-state index contributed by atoms with van der Waals surface area (Å²) in [6, 6.07) is 0. The molecule has 0 saturated carbocycles. The summed E-state index contributed by atoms with van der Waals surface area (Å²) in [5.74, 6) is 0.142. The molecule has 0 aromatic heterocycles. The monoisotopic (exact) mass is 389 g/mol. The number of aliphatic hydroxyl groups excluding tert-OH is 1. The van der Waals surface area contributed by atoms with Gasteiger partial charge in [-0.2, -0.15) is 0 Å². The molecular formula is C25H43NO2. The van der Waals surface area contributed by atoms with Crippen molar-refractivity contribution in [1.29, 1.82) is 0 Å². The van der Waals surface area contributed by atoms with Crippen LogP contribution in [0.15, 0.2) is 48.6 Å². The summed E-state index contributed by atoms with van der Waals surface area (Å²) in [6.07, 6.45) is 29.6. The molecule has 0 unspecified atom stereocenters. The Morgan fingerprint density at radius 3 is 1.79 bits per heavy atom. The van der Waals surface area contributed by atoms with Gasteiger partial charge in [0.2, 0.25) is 5.91 Å². The molecule has 0 rings (SSSR count). The van der Waals surface area contributed by atoms with Crippen molar-refractivity contribution in [2.45, 2.75) is 84.5 Å². The molecule has 0 aromatic carbocycles. The topological polar surface area (TPSA) is 40.5 Å². The van der Waals surface area contributed by atoms with Gasteiger partial charge < -0.3 is 10.0 Å². The molecule has 0 aliphatic heterocycles. The molecule has 0 heterocycles. The van der Waals surface area contributed by atoms with Crippen LogP contribution in [0.4, 0.5) is 0 Å². The quantitative estimate of drug-likeness (QED) is 0.219. The van der Waals surface area contributed by atoms with Gasteiger partial charge in [-0.15, -0.1) is 0 Å². The molecule has 1 N–H and O–H groups in total. The summed E-state index contributed by atoms with van der Waals surface area (Å²) in [5.41, 5.74) is 0. The highest BCUT2D eigenvalue weighted by Gasteiger charge is 2.09. The number of carbonyl (C=O) groups is 1. The van der Waals surface area contributed by atoms with Crippen LogP contribution in [0.2, 0.25) is 0 Å². The van der Waals surface area contributed by atoms with Crippen LogP contribution in [0, 0.1) is 0 Å². The molecule has 28 heavy (non-hydrogen) atoms. The highest BCUT2D eigenvalue weighted by molar-refractivity contribution is 5.76. The minimum Gasteiger partial charge on any atom is -0.395 e. The van der Waals surface area contributed by atoms with Crippen molar-refractivity contribution in [1.82, 2.24) is 4.90 Å². The Hall–Kier alpha value is -1.61. The molecule has 160 valence electrons. The van der Waals surface area contributed by atoms with Crippen molar-refractivity contribution < 1.29 is 9.90 Å². The molecule has 3 nitrogen and oxygen atoms in total. The fraction of sp³-hybridized carbons (Fsp3) is 0.640. The molecule has 3 heteroatoms. The zero-order chi connectivity index (χ0) is 20.7. The third kappa shape index (κ3) is 17.8. The second-order valence-corrected chi connectivity index (χ2v) is 7.03. The van der Waals surface area contributed by atoms with Crippen molar-refractivity contribution in [3.63, 3.8) is 0 Å². The number of hydrogen-bond acceptors (Lipinski definition) is 2. The molecule has 0 spiro atoms. The molecule has 0 aromatic rings. The Kier molecular flexibility index (Phi) is 20.4. The molecule has 0 aliphatic carbocycles. The molecule has 0 bridgehead atoms. The molecule has 0 fully saturated rings. The summed E-state index contributed by atoms with van der Waals surface area (Å²) in [4.78, 5) is 13.6. The largest absolute Gasteiger partial charge is 0.395 e. The van der Waals surface area contributed by atoms with E-state index >= 15 is 0 Å². The lowest BCUT2D eigenvalue weighted by molar-refractivity contribution is -0.131. The lowest BCUT2D eigenvalue weighted by atomic mass is 10.1. The van der Waals surface area contributed by atoms with Gasteiger partial charge in [0, 0.05) is 19.5 Å². The van der Waals surface area contributed by atoms with Crippen molar-refractivity contribution in [2.24, 2.45) is 0 Å². The van der Waals surface area contributed by atoms with Crippen LogP contribution >= 0.6 is 0 Å². The fourth-order valence-electron chi connectivity index (χ4n) is 2.85. The zero-order valence-electron chi connectivity index (χ0n) is 18.3. The lowest BCUT2D eigenvalue weighted by Gasteiger charge is -2.19. The van der Waals surface area contributed by atoms with E-state index in [4.69, 9.17) is 5.11 Å². The van der Waals surface area contributed by atoms with Crippen LogP contribution in [0.5, 0.6) is 0 Å². The van der Waals surface area contributed by atoms with E-state index < -0.39 is 0 Å². The second-order valence-electron chi connectivity index (χ2n) is 7.03. The van der Waals surface area contributed by atoms with Gasteiger partial charge in [0.05, 0.1) is 6.61 Å². The summed E-state index contributed by atoms with van der Waals surface area (Å²) in [6.45, 7) is 5.35. The maximum atomic E-state index is 11.9. The Balaban J connectivity index is 3.58. The van der Waals surface area contributed by atoms with E-state index in [1.165, 1.54) is 32.1 Å². The molecule has 0 atom stereocenters. The highest BCUT2D eigenvalue weighted by Crippen LogP contribution is 2.04. The Bertz CT molecular complexity index is 463. The Labute approximate surface area is 173 Å². The third-order valence-corrected chi connectivity index (χ3v) is 4.57. The van der Waals surface area contributed by atoms with Gasteiger partial charge in [-0.05, 0) is 51.9 Å². The normalized spacial score (nSPS) is 12.2. The van der Waals surface area contributed by atoms with E-state index in [0.29, 0.717) is 19.5 Å². The smallest absolute Gasteiger partial charge is 0.222 e. The van der Waals surface area contributed by atoms with Crippen LogP contribution in [0.1, 0.15) is 84.5 Å². The van der Waals surface area contributed by atoms with Crippen LogP contribution in [0.25, 0.3) is 0 Å². The number of amides is 1. The maximum Gasteiger partial charge on any atom is 0.222 e. The predicted octanol–water partition coefficient (Wildman–Crippen LogP) is 6.36. The van der Waals surface area contributed by atoms with Crippen molar-refractivity contribution >= 4 is 5.91 Å². The van der Waals surface area contributed by atoms with E-state index in [1.807, 2.05) is 6.92 Å². The average Bonchev–Trinajstić information content (AvgIpc) is 2.70. The van der Waals surface area contributed by atoms with Crippen LogP contribution in [-0.2, 0) is 4.79 Å². The van der Waals surface area contributed by atoms with Gasteiger partial charge in [0.25, 0.3) is 0 Å². The van der Waals surface area contributed by atoms with Crippen molar-refractivity contribution in [3.8, 4) is 0 Å². The van der Waals surface area contributed by atoms with Gasteiger partial charge in [-0.3, -0.25) is 4.79 Å². The van der Waals surface area contributed by atoms with Crippen LogP contribution in [0.3, 0.4) is 0 Å². The number of hydrogen-bond donors (Lipinski definition) is 1. The van der Waals surface area contributed by atoms with Crippen LogP contribution < -0.4 is 0 Å². The molecular weight excluding hydrogens is 346 g/mol. The van der Waals surface area contributed by atoms with E-state index in [0.717, 1.165) is 32.1 Å². The SMILES string of the molecule is CCCCCC/C=C/C/C=C\C/C=C\C/C=C\CCCC(=O)N(CC)CCO. The van der Waals surface area contributed by atoms with E-state index in [9.17, 15) is 4.79 Å². The Morgan fingerprint density at radius 2 is 1.29 bits per heavy atom. The summed E-state index contributed by atoms with van der Waals surface area (Å²) in [5, 5.41) is 8.93. The number of likely N-dealkylation sites (N-methyl/N-ethyl adjacent to an activating group) is 1. The minimum absolute atomic E-state index is 0.0385. The summed E-state index contributed by atoms with van der Waals surface area (Å²) >= 11 is 0. The predicted molar refractivity (Wildman–Crippen MR) is 122 cm³/mol. The Morgan fingerprint density at radius 1 is 0.750 bits per heavy atom. The van der Waals surface area contributed by atoms with Gasteiger partial charge >= 0.3 is 0 Å². The number of aliphatic hydroxyl groups is 1. The zero-order valence-corrected chi connectivity index (χ0v) is 18.3. The first-order valence-corrected chi connectivity index (χ1v) is 11.2. The van der Waals surface area contributed by atoms with Gasteiger partial charge in [0.1, 0.15) is 0 Å². The van der Waals surface area contributed by atoms with E-state index in [2.05, 4.69) is 55.5 Å². The summed E-state index contributed by atoms with van der Waals surface area (Å²) in [7, 11) is 0. The van der Waals surface area contributed by atoms with Crippen molar-refractivity contribution in [3.05, 3.63) is 48.6 Å². The maximum absolute atomic E-state index is 11.9. The first kappa shape index (κ1) is 26.4. The van der Waals surface area contributed by atoms with Gasteiger partial charge in [0.15, 0.2) is 0 Å². The van der Waals surface area contributed by atoms with Gasteiger partial charge in [-0.25, -0.2) is 0 Å². The molecule has 1 amide bonds. The van der Waals surface area contributed by atoms with E-state index in [-0.39, 0.29) is 12.5 Å². The third-order valence-electron chi connectivity index (χ3n) is 4.57. The standard InChI is InChI=1S/C25H43NO2/c1-3-5-6-7-8-9-10-11-12-13-14-15-16-17-18-19-20-21-22-25(28)26(4-2)23-24-27/h9-10,12-13,15-16,18-19,27H,3-8,11,14,17,20-24H2,1-2H3/b10-9+,13-12-,16-15-,19-18-. The number of allylic oxidation sites excluding steroid dienone is 8. The average molecular weight is 390 g/mol. The molecule has 0 radical (unpaired) electrons. The number of carbonyl (C=O) groups excluding carboxylic acids is 1. The van der Waals surface area contributed by atoms with Gasteiger partial charge in [-0.1, -0.05) is 74.8 Å². The first-order valence-electron chi connectivity index (χ1n) is 11.2.